The third-order valence-electron chi connectivity index (χ3n) is 9.32. The van der Waals surface area contributed by atoms with E-state index in [-0.39, 0.29) is 10.7 Å². The first-order valence-corrected chi connectivity index (χ1v) is 12.0. The van der Waals surface area contributed by atoms with Crippen molar-refractivity contribution in [1.29, 1.82) is 0 Å². The van der Waals surface area contributed by atoms with Crippen LogP contribution in [0, 0.1) is 34.5 Å². The summed E-state index contributed by atoms with van der Waals surface area (Å²) in [6.45, 7) is 4.93. The van der Waals surface area contributed by atoms with Crippen molar-refractivity contribution in [1.82, 2.24) is 9.55 Å². The third-order valence-corrected chi connectivity index (χ3v) is 10.6. The van der Waals surface area contributed by atoms with Crippen LogP contribution in [-0.4, -0.2) is 20.6 Å². The second-order valence-corrected chi connectivity index (χ2v) is 11.6. The number of ketones is 1. The summed E-state index contributed by atoms with van der Waals surface area (Å²) in [5.74, 6) is 3.71. The molecule has 0 N–H and O–H groups in total. The van der Waals surface area contributed by atoms with Crippen molar-refractivity contribution in [3.8, 4) is 0 Å². The van der Waals surface area contributed by atoms with Gasteiger partial charge in [-0.15, -0.1) is 0 Å². The van der Waals surface area contributed by atoms with Gasteiger partial charge in [-0.2, -0.15) is 0 Å². The van der Waals surface area contributed by atoms with E-state index in [1.54, 1.807) is 11.8 Å². The molecule has 5 rings (SSSR count). The van der Waals surface area contributed by atoms with Crippen LogP contribution in [0.5, 0.6) is 0 Å². The fraction of sp³-hybridized carbons (Fsp3) is 0.826. The van der Waals surface area contributed by atoms with Crippen molar-refractivity contribution in [2.75, 3.05) is 0 Å². The average Bonchev–Trinajstić information content (AvgIpc) is 3.17. The van der Waals surface area contributed by atoms with Crippen LogP contribution in [0.25, 0.3) is 0 Å². The molecule has 0 spiro atoms. The molecule has 4 aliphatic carbocycles. The lowest BCUT2D eigenvalue weighted by Crippen LogP contribution is -2.52. The van der Waals surface area contributed by atoms with Crippen LogP contribution in [0.2, 0.25) is 0 Å². The molecule has 3 nitrogen and oxygen atoms in total. The second-order valence-electron chi connectivity index (χ2n) is 10.4. The van der Waals surface area contributed by atoms with E-state index >= 15 is 0 Å². The Hall–Kier alpha value is -0.770. The minimum atomic E-state index is -0.0815. The first kappa shape index (κ1) is 18.3. The highest BCUT2D eigenvalue weighted by atomic mass is 32.2. The number of Topliss-reactive ketones (excluding diaryl/α,β-unsaturated/α-hetero) is 1. The molecule has 0 aliphatic heterocycles. The molecule has 1 heterocycles. The second kappa shape index (κ2) is 6.37. The minimum absolute atomic E-state index is 0.0815. The quantitative estimate of drug-likeness (QED) is 0.674. The maximum atomic E-state index is 13.5. The summed E-state index contributed by atoms with van der Waals surface area (Å²) in [6, 6.07) is 0. The fourth-order valence-corrected chi connectivity index (χ4v) is 9.04. The van der Waals surface area contributed by atoms with Crippen LogP contribution in [-0.2, 0) is 11.8 Å². The van der Waals surface area contributed by atoms with Gasteiger partial charge in [0.25, 0.3) is 0 Å². The molecule has 0 radical (unpaired) electrons. The van der Waals surface area contributed by atoms with E-state index in [2.05, 4.69) is 23.4 Å². The Kier molecular flexibility index (Phi) is 4.31. The predicted octanol–water partition coefficient (Wildman–Crippen LogP) is 5.49. The summed E-state index contributed by atoms with van der Waals surface area (Å²) in [4.78, 5) is 18.0. The summed E-state index contributed by atoms with van der Waals surface area (Å²) < 4.78 is 2.05. The molecule has 4 aliphatic rings. The molecule has 0 unspecified atom stereocenters. The van der Waals surface area contributed by atoms with Gasteiger partial charge in [0.15, 0.2) is 10.9 Å². The van der Waals surface area contributed by atoms with Gasteiger partial charge in [-0.05, 0) is 74.0 Å². The zero-order valence-electron chi connectivity index (χ0n) is 17.1. The van der Waals surface area contributed by atoms with Crippen molar-refractivity contribution in [3.63, 3.8) is 0 Å². The number of fused-ring (bicyclic) bond motifs is 5. The Bertz CT molecular complexity index is 744. The Morgan fingerprint density at radius 1 is 1.11 bits per heavy atom. The van der Waals surface area contributed by atoms with Gasteiger partial charge in [-0.1, -0.05) is 38.5 Å². The molecule has 1 aromatic heterocycles. The molecule has 0 amide bonds. The number of thioether (sulfide) groups is 1. The van der Waals surface area contributed by atoms with E-state index in [0.29, 0.717) is 17.1 Å². The Morgan fingerprint density at radius 3 is 2.74 bits per heavy atom. The molecule has 4 saturated carbocycles. The molecular weight excluding hydrogens is 352 g/mol. The van der Waals surface area contributed by atoms with Gasteiger partial charge >= 0.3 is 0 Å². The van der Waals surface area contributed by atoms with E-state index in [9.17, 15) is 4.79 Å². The van der Waals surface area contributed by atoms with E-state index < -0.39 is 0 Å². The summed E-state index contributed by atoms with van der Waals surface area (Å²) in [6.07, 6.45) is 15.9. The van der Waals surface area contributed by atoms with Crippen molar-refractivity contribution < 1.29 is 4.79 Å². The van der Waals surface area contributed by atoms with E-state index in [1.165, 1.54) is 44.9 Å². The number of aromatic nitrogens is 2. The summed E-state index contributed by atoms with van der Waals surface area (Å²) in [7, 11) is 2.03. The molecular formula is C23H34N2OS. The first-order valence-electron chi connectivity index (χ1n) is 11.1. The van der Waals surface area contributed by atoms with Crippen molar-refractivity contribution in [2.45, 2.75) is 82.0 Å². The highest BCUT2D eigenvalue weighted by Crippen LogP contribution is 2.66. The lowest BCUT2D eigenvalue weighted by atomic mass is 9.45. The monoisotopic (exact) mass is 386 g/mol. The maximum absolute atomic E-state index is 13.5. The molecule has 4 fully saturated rings. The van der Waals surface area contributed by atoms with Crippen molar-refractivity contribution in [3.05, 3.63) is 12.4 Å². The molecule has 0 saturated heterocycles. The molecule has 4 heteroatoms. The fourth-order valence-electron chi connectivity index (χ4n) is 7.76. The van der Waals surface area contributed by atoms with E-state index in [0.717, 1.165) is 35.8 Å². The van der Waals surface area contributed by atoms with E-state index in [1.807, 2.05) is 19.4 Å². The summed E-state index contributed by atoms with van der Waals surface area (Å²) in [5, 5.41) is 1.10. The zero-order valence-corrected chi connectivity index (χ0v) is 17.9. The van der Waals surface area contributed by atoms with Gasteiger partial charge in [-0.3, -0.25) is 4.79 Å². The largest absolute Gasteiger partial charge is 0.329 e. The van der Waals surface area contributed by atoms with Crippen LogP contribution in [0.1, 0.15) is 71.6 Å². The number of aryl methyl sites for hydroxylation is 1. The molecule has 0 bridgehead atoms. The lowest BCUT2D eigenvalue weighted by Gasteiger charge is -2.59. The summed E-state index contributed by atoms with van der Waals surface area (Å²) >= 11 is 1.72. The Morgan fingerprint density at radius 2 is 1.96 bits per heavy atom. The highest BCUT2D eigenvalue weighted by Gasteiger charge is 2.62. The smallest absolute Gasteiger partial charge is 0.168 e. The van der Waals surface area contributed by atoms with Crippen LogP contribution < -0.4 is 0 Å². The van der Waals surface area contributed by atoms with Gasteiger partial charge < -0.3 is 4.57 Å². The Balaban J connectivity index is 1.41. The minimum Gasteiger partial charge on any atom is -0.329 e. The molecule has 148 valence electrons. The van der Waals surface area contributed by atoms with Gasteiger partial charge in [0.05, 0.1) is 5.25 Å². The Labute approximate surface area is 168 Å². The van der Waals surface area contributed by atoms with Gasteiger partial charge in [0.1, 0.15) is 0 Å². The molecule has 27 heavy (non-hydrogen) atoms. The number of imidazole rings is 1. The standard InChI is InChI=1S/C23H34N2OS/c1-22-10-5-4-6-15(22)7-8-16-17(22)9-11-23(2)18(16)14-19(20(23)26)27-21-24-12-13-25(21)3/h12-13,15-19H,4-11,14H2,1-3H3/t15-,16+,17-,18+,19+,22-,23-/m0/s1. The van der Waals surface area contributed by atoms with Crippen molar-refractivity contribution >= 4 is 17.5 Å². The number of carbonyl (C=O) groups excluding carboxylic acids is 1. The third kappa shape index (κ3) is 2.61. The maximum Gasteiger partial charge on any atom is 0.168 e. The van der Waals surface area contributed by atoms with Gasteiger partial charge in [-0.25, -0.2) is 4.98 Å². The topological polar surface area (TPSA) is 34.9 Å². The van der Waals surface area contributed by atoms with Crippen LogP contribution in [0.3, 0.4) is 0 Å². The van der Waals surface area contributed by atoms with E-state index in [4.69, 9.17) is 0 Å². The SMILES string of the molecule is Cn1ccnc1S[C@@H]1C[C@@H]2[C@@H]3CC[C@@H]4CCCC[C@]4(C)[C@H]3CC[C@]2(C)C1=O. The average molecular weight is 387 g/mol. The van der Waals surface area contributed by atoms with Crippen LogP contribution >= 0.6 is 11.8 Å². The van der Waals surface area contributed by atoms with Crippen LogP contribution in [0.15, 0.2) is 17.6 Å². The molecule has 7 atom stereocenters. The number of hydrogen-bond donors (Lipinski definition) is 0. The lowest BCUT2D eigenvalue weighted by molar-refractivity contribution is -0.138. The molecule has 0 aromatic carbocycles. The number of carbonyl (C=O) groups is 1. The van der Waals surface area contributed by atoms with Gasteiger partial charge in [0.2, 0.25) is 0 Å². The highest BCUT2D eigenvalue weighted by molar-refractivity contribution is 8.00. The van der Waals surface area contributed by atoms with Gasteiger partial charge in [0, 0.05) is 24.9 Å². The van der Waals surface area contributed by atoms with Crippen molar-refractivity contribution in [2.24, 2.45) is 41.5 Å². The predicted molar refractivity (Wildman–Crippen MR) is 110 cm³/mol. The van der Waals surface area contributed by atoms with Crippen LogP contribution in [0.4, 0.5) is 0 Å². The normalized spacial score (nSPS) is 46.6. The number of hydrogen-bond acceptors (Lipinski definition) is 3. The zero-order chi connectivity index (χ0) is 18.8. The summed E-state index contributed by atoms with van der Waals surface area (Å²) in [5.41, 5.74) is 0.471. The number of nitrogens with zero attached hydrogens (tertiary/aromatic N) is 2. The number of rotatable bonds is 2. The molecule has 1 aromatic rings. The first-order chi connectivity index (χ1) is 12.9.